The van der Waals surface area contributed by atoms with Crippen LogP contribution in [0.4, 0.5) is 0 Å². The molecule has 0 atom stereocenters. The fourth-order valence-electron chi connectivity index (χ4n) is 3.67. The third kappa shape index (κ3) is 4.15. The lowest BCUT2D eigenvalue weighted by Gasteiger charge is -2.28. The lowest BCUT2D eigenvalue weighted by Crippen LogP contribution is -2.38. The molecule has 1 aliphatic rings. The molecule has 0 aliphatic heterocycles. The summed E-state index contributed by atoms with van der Waals surface area (Å²) in [6.07, 6.45) is 4.46. The van der Waals surface area contributed by atoms with E-state index in [-0.39, 0.29) is 11.7 Å². The van der Waals surface area contributed by atoms with Crippen LogP contribution in [0, 0.1) is 0 Å². The van der Waals surface area contributed by atoms with Gasteiger partial charge >= 0.3 is 0 Å². The van der Waals surface area contributed by atoms with Crippen LogP contribution >= 0.6 is 0 Å². The number of carbonyl (C=O) groups excluding carboxylic acids is 1. The average molecular weight is 372 g/mol. The van der Waals surface area contributed by atoms with Gasteiger partial charge in [0, 0.05) is 18.2 Å². The largest absolute Gasteiger partial charge is 0.336 e. The van der Waals surface area contributed by atoms with Gasteiger partial charge in [-0.1, -0.05) is 43.2 Å². The van der Waals surface area contributed by atoms with Crippen LogP contribution < -0.4 is 0 Å². The summed E-state index contributed by atoms with van der Waals surface area (Å²) in [5, 5.41) is 0. The summed E-state index contributed by atoms with van der Waals surface area (Å²) in [5.41, 5.74) is 1.21. The van der Waals surface area contributed by atoms with Crippen molar-refractivity contribution in [2.45, 2.75) is 49.3 Å². The lowest BCUT2D eigenvalue weighted by atomic mass is 10.1. The van der Waals surface area contributed by atoms with E-state index in [0.29, 0.717) is 28.6 Å². The maximum atomic E-state index is 12.9. The van der Waals surface area contributed by atoms with E-state index in [4.69, 9.17) is 0 Å². The Hall–Kier alpha value is -2.14. The van der Waals surface area contributed by atoms with Crippen LogP contribution in [0.2, 0.25) is 0 Å². The summed E-state index contributed by atoms with van der Waals surface area (Å²) in [5.74, 6) is -0.105. The highest BCUT2D eigenvalue weighted by Crippen LogP contribution is 2.25. The number of hydrogen-bond donors (Lipinski definition) is 0. The van der Waals surface area contributed by atoms with Crippen LogP contribution in [0.25, 0.3) is 0 Å². The first-order valence-corrected chi connectivity index (χ1v) is 10.8. The molecule has 0 N–H and O–H groups in total. The van der Waals surface area contributed by atoms with Gasteiger partial charge < -0.3 is 4.90 Å². The first kappa shape index (κ1) is 18.6. The Labute approximate surface area is 155 Å². The second-order valence-electron chi connectivity index (χ2n) is 6.80. The molecule has 0 heterocycles. The molecule has 1 amide bonds. The van der Waals surface area contributed by atoms with Gasteiger partial charge in [0.2, 0.25) is 0 Å². The van der Waals surface area contributed by atoms with Crippen molar-refractivity contribution in [2.75, 3.05) is 6.54 Å². The van der Waals surface area contributed by atoms with E-state index in [1.807, 2.05) is 11.8 Å². The zero-order chi connectivity index (χ0) is 18.6. The van der Waals surface area contributed by atoms with E-state index in [1.165, 1.54) is 12.8 Å². The minimum Gasteiger partial charge on any atom is -0.336 e. The van der Waals surface area contributed by atoms with E-state index < -0.39 is 9.84 Å². The third-order valence-corrected chi connectivity index (χ3v) is 6.70. The van der Waals surface area contributed by atoms with E-state index in [2.05, 4.69) is 0 Å². The summed E-state index contributed by atoms with van der Waals surface area (Å²) >= 11 is 0. The van der Waals surface area contributed by atoms with Crippen LogP contribution in [0.5, 0.6) is 0 Å². The molecule has 0 radical (unpaired) electrons. The van der Waals surface area contributed by atoms with Gasteiger partial charge in [-0.15, -0.1) is 0 Å². The van der Waals surface area contributed by atoms with Gasteiger partial charge in [-0.3, -0.25) is 4.79 Å². The van der Waals surface area contributed by atoms with Crippen LogP contribution in [0.15, 0.2) is 59.5 Å². The topological polar surface area (TPSA) is 54.5 Å². The molecular formula is C21H25NO3S. The van der Waals surface area contributed by atoms with Gasteiger partial charge in [0.25, 0.3) is 5.91 Å². The number of amides is 1. The van der Waals surface area contributed by atoms with Crippen LogP contribution in [-0.4, -0.2) is 31.8 Å². The van der Waals surface area contributed by atoms with E-state index >= 15 is 0 Å². The summed E-state index contributed by atoms with van der Waals surface area (Å²) < 4.78 is 25.2. The molecule has 3 rings (SSSR count). The van der Waals surface area contributed by atoms with Crippen molar-refractivity contribution in [3.05, 3.63) is 65.7 Å². The summed E-state index contributed by atoms with van der Waals surface area (Å²) in [6, 6.07) is 15.8. The Kier molecular flexibility index (Phi) is 5.77. The number of benzene rings is 2. The van der Waals surface area contributed by atoms with E-state index in [9.17, 15) is 13.2 Å². The van der Waals surface area contributed by atoms with Crippen LogP contribution in [-0.2, 0) is 15.6 Å². The second kappa shape index (κ2) is 8.04. The normalized spacial score (nSPS) is 15.1. The van der Waals surface area contributed by atoms with Crippen molar-refractivity contribution >= 4 is 15.7 Å². The highest BCUT2D eigenvalue weighted by atomic mass is 32.2. The monoisotopic (exact) mass is 371 g/mol. The van der Waals surface area contributed by atoms with Gasteiger partial charge in [0.05, 0.1) is 10.6 Å². The molecule has 26 heavy (non-hydrogen) atoms. The lowest BCUT2D eigenvalue weighted by molar-refractivity contribution is 0.0693. The Bertz CT molecular complexity index is 856. The predicted molar refractivity (Wildman–Crippen MR) is 103 cm³/mol. The van der Waals surface area contributed by atoms with Gasteiger partial charge in [0.1, 0.15) is 0 Å². The second-order valence-corrected chi connectivity index (χ2v) is 8.79. The van der Waals surface area contributed by atoms with Crippen LogP contribution in [0.3, 0.4) is 0 Å². The molecule has 0 unspecified atom stereocenters. The molecule has 4 nitrogen and oxygen atoms in total. The zero-order valence-corrected chi connectivity index (χ0v) is 15.9. The molecule has 138 valence electrons. The van der Waals surface area contributed by atoms with Gasteiger partial charge in [0.15, 0.2) is 9.84 Å². The van der Waals surface area contributed by atoms with Crippen molar-refractivity contribution in [1.29, 1.82) is 0 Å². The molecule has 2 aromatic carbocycles. The fraction of sp³-hybridized carbons (Fsp3) is 0.381. The van der Waals surface area contributed by atoms with Crippen molar-refractivity contribution in [2.24, 2.45) is 0 Å². The smallest absolute Gasteiger partial charge is 0.254 e. The Morgan fingerprint density at radius 1 is 1.04 bits per heavy atom. The van der Waals surface area contributed by atoms with Crippen molar-refractivity contribution in [1.82, 2.24) is 4.90 Å². The predicted octanol–water partition coefficient (Wildman–Crippen LogP) is 4.07. The maximum absolute atomic E-state index is 12.9. The average Bonchev–Trinajstić information content (AvgIpc) is 3.17. The molecule has 2 aromatic rings. The molecule has 5 heteroatoms. The van der Waals surface area contributed by atoms with Crippen molar-refractivity contribution in [3.63, 3.8) is 0 Å². The first-order valence-electron chi connectivity index (χ1n) is 9.19. The molecule has 0 saturated heterocycles. The minimum atomic E-state index is -3.42. The Morgan fingerprint density at radius 2 is 1.73 bits per heavy atom. The van der Waals surface area contributed by atoms with Crippen molar-refractivity contribution < 1.29 is 13.2 Å². The highest BCUT2D eigenvalue weighted by Gasteiger charge is 2.26. The van der Waals surface area contributed by atoms with Crippen LogP contribution in [0.1, 0.15) is 48.5 Å². The summed E-state index contributed by atoms with van der Waals surface area (Å²) in [4.78, 5) is 15.2. The minimum absolute atomic E-state index is 0.00152. The fourth-order valence-corrected chi connectivity index (χ4v) is 5.03. The number of carbonyl (C=O) groups is 1. The van der Waals surface area contributed by atoms with Gasteiger partial charge in [-0.25, -0.2) is 8.42 Å². The molecule has 0 aromatic heterocycles. The van der Waals surface area contributed by atoms with Crippen molar-refractivity contribution in [3.8, 4) is 0 Å². The molecular weight excluding hydrogens is 346 g/mol. The molecule has 1 saturated carbocycles. The van der Waals surface area contributed by atoms with E-state index in [0.717, 1.165) is 12.8 Å². The number of nitrogens with zero attached hydrogens (tertiary/aromatic N) is 1. The number of sulfone groups is 1. The van der Waals surface area contributed by atoms with E-state index in [1.54, 1.807) is 54.6 Å². The molecule has 1 aliphatic carbocycles. The quantitative estimate of drug-likeness (QED) is 0.769. The van der Waals surface area contributed by atoms with Gasteiger partial charge in [-0.05, 0) is 49.6 Å². The van der Waals surface area contributed by atoms with Gasteiger partial charge in [-0.2, -0.15) is 0 Å². The highest BCUT2D eigenvalue weighted by molar-refractivity contribution is 7.90. The summed E-state index contributed by atoms with van der Waals surface area (Å²) in [7, 11) is -3.42. The standard InChI is InChI=1S/C21H25NO3S/c1-2-22(19-11-6-7-12-19)21(23)18-10-8-9-17(15-18)16-26(24,25)20-13-4-3-5-14-20/h3-5,8-10,13-15,19H,2,6-7,11-12,16H2,1H3. The molecule has 0 spiro atoms. The third-order valence-electron chi connectivity index (χ3n) is 5.00. The molecule has 0 bridgehead atoms. The first-order chi connectivity index (χ1) is 12.5. The Morgan fingerprint density at radius 3 is 2.38 bits per heavy atom. The Balaban J connectivity index is 1.80. The summed E-state index contributed by atoms with van der Waals surface area (Å²) in [6.45, 7) is 2.68. The zero-order valence-electron chi connectivity index (χ0n) is 15.1. The maximum Gasteiger partial charge on any atom is 0.254 e. The number of hydrogen-bond acceptors (Lipinski definition) is 3. The SMILES string of the molecule is CCN(C(=O)c1cccc(CS(=O)(=O)c2ccccc2)c1)C1CCCC1. The molecule has 1 fully saturated rings. The number of rotatable bonds is 6.